The number of aliphatic hydroxyl groups excluding tert-OH is 3. The van der Waals surface area contributed by atoms with E-state index in [1.165, 1.54) is 30.3 Å². The molecule has 0 saturated carbocycles. The van der Waals surface area contributed by atoms with Crippen LogP contribution < -0.4 is 14.8 Å². The van der Waals surface area contributed by atoms with Crippen molar-refractivity contribution in [2.45, 2.75) is 43.7 Å². The number of halogens is 3. The quantitative estimate of drug-likeness (QED) is 0.354. The first kappa shape index (κ1) is 27.7. The first-order valence-electron chi connectivity index (χ1n) is 10.6. The zero-order valence-electron chi connectivity index (χ0n) is 19.1. The molecule has 0 aromatic heterocycles. The highest BCUT2D eigenvalue weighted by molar-refractivity contribution is 7.92. The van der Waals surface area contributed by atoms with Gasteiger partial charge in [0.15, 0.2) is 0 Å². The Bertz CT molecular complexity index is 1210. The van der Waals surface area contributed by atoms with Gasteiger partial charge >= 0.3 is 6.18 Å². The van der Waals surface area contributed by atoms with E-state index in [1.807, 2.05) is 0 Å². The molecule has 5 N–H and O–H groups in total. The number of alkyl halides is 3. The minimum absolute atomic E-state index is 0.00172. The standard InChI is InChI=1S/C22H25F3N2O8S/c1-11(29)26-18-20(31)19(30)16(10-28)35-21(18)34-15-8-4-7-14(22(23,24)25)17(15)12-5-3-6-13(9-12)27-36(2,32)33/h3-9,16,18-21,27-28,30-31H,10H2,1-2H3,(H,26,29)/t16?,18?,19-,20+,21+/m0/s1. The Kier molecular flexibility index (Phi) is 8.15. The summed E-state index contributed by atoms with van der Waals surface area (Å²) in [5, 5.41) is 32.5. The Hall–Kier alpha value is -2.91. The van der Waals surface area contributed by atoms with E-state index in [4.69, 9.17) is 9.47 Å². The van der Waals surface area contributed by atoms with Crippen LogP contribution in [0.5, 0.6) is 5.75 Å². The van der Waals surface area contributed by atoms with Crippen LogP contribution in [0.4, 0.5) is 18.9 Å². The number of nitrogens with one attached hydrogen (secondary N) is 2. The number of hydrogen-bond donors (Lipinski definition) is 5. The summed E-state index contributed by atoms with van der Waals surface area (Å²) < 4.78 is 78.6. The topological polar surface area (TPSA) is 154 Å². The van der Waals surface area contributed by atoms with E-state index in [2.05, 4.69) is 10.0 Å². The van der Waals surface area contributed by atoms with E-state index in [9.17, 15) is 41.7 Å². The SMILES string of the molecule is CC(=O)NC1[C@H](Oc2cccc(C(F)(F)F)c2-c2cccc(NS(C)(=O)=O)c2)OC(CO)[C@H](O)[C@@H]1O. The molecular formula is C22H25F3N2O8S. The fourth-order valence-corrected chi connectivity index (χ4v) is 4.37. The molecule has 2 unspecified atom stereocenters. The van der Waals surface area contributed by atoms with Crippen molar-refractivity contribution in [3.8, 4) is 16.9 Å². The lowest BCUT2D eigenvalue weighted by Crippen LogP contribution is -2.65. The van der Waals surface area contributed by atoms with Gasteiger partial charge in [-0.3, -0.25) is 9.52 Å². The number of sulfonamides is 1. The summed E-state index contributed by atoms with van der Waals surface area (Å²) in [4.78, 5) is 11.7. The van der Waals surface area contributed by atoms with E-state index in [-0.39, 0.29) is 17.0 Å². The summed E-state index contributed by atoms with van der Waals surface area (Å²) in [7, 11) is -3.73. The molecule has 14 heteroatoms. The minimum Gasteiger partial charge on any atom is -0.462 e. The van der Waals surface area contributed by atoms with Gasteiger partial charge in [-0.15, -0.1) is 0 Å². The molecule has 2 aromatic carbocycles. The lowest BCUT2D eigenvalue weighted by Gasteiger charge is -2.42. The van der Waals surface area contributed by atoms with E-state index in [1.54, 1.807) is 0 Å². The van der Waals surface area contributed by atoms with Gasteiger partial charge in [-0.2, -0.15) is 13.2 Å². The summed E-state index contributed by atoms with van der Waals surface area (Å²) in [5.74, 6) is -1.02. The van der Waals surface area contributed by atoms with Gasteiger partial charge in [0.25, 0.3) is 0 Å². The summed E-state index contributed by atoms with van der Waals surface area (Å²) in [6, 6.07) is 6.86. The van der Waals surface area contributed by atoms with Crippen LogP contribution >= 0.6 is 0 Å². The van der Waals surface area contributed by atoms with Gasteiger partial charge in [0.1, 0.15) is 30.1 Å². The maximum absolute atomic E-state index is 14.0. The molecule has 1 aliphatic heterocycles. The third-order valence-corrected chi connectivity index (χ3v) is 5.89. The Balaban J connectivity index is 2.12. The summed E-state index contributed by atoms with van der Waals surface area (Å²) >= 11 is 0. The smallest absolute Gasteiger partial charge is 0.417 e. The van der Waals surface area contributed by atoms with Crippen LogP contribution in [0.3, 0.4) is 0 Å². The molecule has 5 atom stereocenters. The van der Waals surface area contributed by atoms with E-state index in [0.717, 1.165) is 25.3 Å². The van der Waals surface area contributed by atoms with Crippen LogP contribution in [0, 0.1) is 0 Å². The number of amides is 1. The Morgan fingerprint density at radius 3 is 2.39 bits per heavy atom. The second-order valence-corrected chi connectivity index (χ2v) is 9.93. The maximum Gasteiger partial charge on any atom is 0.417 e. The van der Waals surface area contributed by atoms with Gasteiger partial charge in [-0.1, -0.05) is 18.2 Å². The number of hydrogen-bond acceptors (Lipinski definition) is 8. The van der Waals surface area contributed by atoms with Crippen LogP contribution in [0.25, 0.3) is 11.1 Å². The van der Waals surface area contributed by atoms with Crippen molar-refractivity contribution in [1.82, 2.24) is 5.32 Å². The number of carbonyl (C=O) groups is 1. The van der Waals surface area contributed by atoms with Crippen LogP contribution in [0.1, 0.15) is 12.5 Å². The number of ether oxygens (including phenoxy) is 2. The molecule has 10 nitrogen and oxygen atoms in total. The molecule has 1 aliphatic rings. The van der Waals surface area contributed by atoms with Crippen molar-refractivity contribution in [3.05, 3.63) is 48.0 Å². The van der Waals surface area contributed by atoms with Crippen molar-refractivity contribution >= 4 is 21.6 Å². The van der Waals surface area contributed by atoms with Gasteiger partial charge in [0.05, 0.1) is 18.4 Å². The molecule has 0 aliphatic carbocycles. The molecule has 1 heterocycles. The van der Waals surface area contributed by atoms with E-state index in [0.29, 0.717) is 0 Å². The highest BCUT2D eigenvalue weighted by Crippen LogP contribution is 2.43. The second kappa shape index (κ2) is 10.6. The third kappa shape index (κ3) is 6.44. The molecule has 198 valence electrons. The number of anilines is 1. The van der Waals surface area contributed by atoms with Crippen molar-refractivity contribution in [3.63, 3.8) is 0 Å². The van der Waals surface area contributed by atoms with Gasteiger partial charge in [-0.05, 0) is 29.8 Å². The molecular weight excluding hydrogens is 509 g/mol. The fourth-order valence-electron chi connectivity index (χ4n) is 3.81. The number of rotatable bonds is 7. The average molecular weight is 535 g/mol. The summed E-state index contributed by atoms with van der Waals surface area (Å²) in [5.41, 5.74) is -1.63. The molecule has 0 bridgehead atoms. The van der Waals surface area contributed by atoms with Crippen molar-refractivity contribution in [2.75, 3.05) is 17.6 Å². The molecule has 0 spiro atoms. The molecule has 1 amide bonds. The molecule has 3 rings (SSSR count). The van der Waals surface area contributed by atoms with Crippen molar-refractivity contribution in [2.24, 2.45) is 0 Å². The highest BCUT2D eigenvalue weighted by atomic mass is 32.2. The van der Waals surface area contributed by atoms with Gasteiger partial charge < -0.3 is 30.1 Å². The van der Waals surface area contributed by atoms with Gasteiger partial charge in [-0.25, -0.2) is 8.42 Å². The largest absolute Gasteiger partial charge is 0.462 e. The fraction of sp³-hybridized carbons (Fsp3) is 0.409. The Morgan fingerprint density at radius 2 is 1.81 bits per heavy atom. The van der Waals surface area contributed by atoms with Crippen LogP contribution in [-0.2, 0) is 25.7 Å². The predicted molar refractivity (Wildman–Crippen MR) is 121 cm³/mol. The maximum atomic E-state index is 14.0. The molecule has 1 saturated heterocycles. The zero-order chi connectivity index (χ0) is 26.8. The Labute approximate surface area is 204 Å². The Morgan fingerprint density at radius 1 is 1.14 bits per heavy atom. The number of aliphatic hydroxyl groups is 3. The molecule has 2 aromatic rings. The van der Waals surface area contributed by atoms with E-state index < -0.39 is 70.5 Å². The first-order valence-corrected chi connectivity index (χ1v) is 12.4. The zero-order valence-corrected chi connectivity index (χ0v) is 19.9. The van der Waals surface area contributed by atoms with Crippen LogP contribution in [0.2, 0.25) is 0 Å². The third-order valence-electron chi connectivity index (χ3n) is 5.28. The van der Waals surface area contributed by atoms with Crippen LogP contribution in [-0.4, -0.2) is 73.2 Å². The highest BCUT2D eigenvalue weighted by Gasteiger charge is 2.46. The summed E-state index contributed by atoms with van der Waals surface area (Å²) in [6.07, 6.45) is -10.2. The van der Waals surface area contributed by atoms with E-state index >= 15 is 0 Å². The minimum atomic E-state index is -4.84. The average Bonchev–Trinajstić information content (AvgIpc) is 2.76. The van der Waals surface area contributed by atoms with Crippen molar-refractivity contribution < 1.29 is 51.2 Å². The molecule has 0 radical (unpaired) electrons. The monoisotopic (exact) mass is 534 g/mol. The number of benzene rings is 2. The first-order chi connectivity index (χ1) is 16.7. The van der Waals surface area contributed by atoms with Gasteiger partial charge in [0.2, 0.25) is 22.2 Å². The lowest BCUT2D eigenvalue weighted by molar-refractivity contribution is -0.244. The molecule has 1 fully saturated rings. The predicted octanol–water partition coefficient (Wildman–Crippen LogP) is 1.07. The lowest BCUT2D eigenvalue weighted by atomic mass is 9.96. The van der Waals surface area contributed by atoms with Crippen molar-refractivity contribution in [1.29, 1.82) is 0 Å². The second-order valence-electron chi connectivity index (χ2n) is 8.18. The van der Waals surface area contributed by atoms with Gasteiger partial charge in [0, 0.05) is 18.2 Å². The van der Waals surface area contributed by atoms with Crippen LogP contribution in [0.15, 0.2) is 42.5 Å². The molecule has 36 heavy (non-hydrogen) atoms. The summed E-state index contributed by atoms with van der Waals surface area (Å²) in [6.45, 7) is 0.365. The normalized spacial score (nSPS) is 24.7. The number of carbonyl (C=O) groups excluding carboxylic acids is 1.